The molecule has 0 radical (unpaired) electrons. The summed E-state index contributed by atoms with van der Waals surface area (Å²) in [5, 5.41) is 0. The molecule has 1 aliphatic rings. The monoisotopic (exact) mass is 337 g/mol. The minimum atomic E-state index is 1.09. The van der Waals surface area contributed by atoms with E-state index in [2.05, 4.69) is 109 Å². The molecule has 0 aliphatic heterocycles. The second-order valence-electron chi connectivity index (χ2n) is 6.69. The second-order valence-corrected chi connectivity index (χ2v) is 6.69. The molecule has 0 heterocycles. The molecule has 0 N–H and O–H groups in total. The largest absolute Gasteiger partial charge is 0.311 e. The van der Waals surface area contributed by atoms with Crippen molar-refractivity contribution in [2.75, 3.05) is 4.90 Å². The first kappa shape index (κ1) is 16.4. The lowest BCUT2D eigenvalue weighted by Crippen LogP contribution is -2.16. The highest BCUT2D eigenvalue weighted by molar-refractivity contribution is 5.73. The van der Waals surface area contributed by atoms with Crippen LogP contribution in [-0.4, -0.2) is 0 Å². The van der Waals surface area contributed by atoms with Gasteiger partial charge < -0.3 is 4.90 Å². The van der Waals surface area contributed by atoms with Gasteiger partial charge in [0, 0.05) is 17.1 Å². The van der Waals surface area contributed by atoms with Crippen LogP contribution < -0.4 is 4.90 Å². The number of benzene rings is 3. The molecule has 0 amide bonds. The van der Waals surface area contributed by atoms with Gasteiger partial charge in [-0.15, -0.1) is 0 Å². The van der Waals surface area contributed by atoms with E-state index >= 15 is 0 Å². The van der Waals surface area contributed by atoms with Crippen LogP contribution in [0.15, 0.2) is 103 Å². The first-order valence-electron chi connectivity index (χ1n) is 9.20. The fraction of sp³-hybridized carbons (Fsp3) is 0.120. The number of hydrogen-bond acceptors (Lipinski definition) is 1. The van der Waals surface area contributed by atoms with E-state index in [1.54, 1.807) is 0 Å². The molecule has 0 spiro atoms. The van der Waals surface area contributed by atoms with Gasteiger partial charge in [-0.2, -0.15) is 0 Å². The molecule has 26 heavy (non-hydrogen) atoms. The summed E-state index contributed by atoms with van der Waals surface area (Å²) >= 11 is 0. The first-order valence-corrected chi connectivity index (χ1v) is 9.20. The summed E-state index contributed by atoms with van der Waals surface area (Å²) in [4.78, 5) is 2.34. The van der Waals surface area contributed by atoms with Crippen LogP contribution in [0.1, 0.15) is 18.4 Å². The van der Waals surface area contributed by atoms with Crippen molar-refractivity contribution >= 4 is 11.4 Å². The first-order chi connectivity index (χ1) is 12.8. The minimum absolute atomic E-state index is 1.09. The second kappa shape index (κ2) is 7.45. The maximum Gasteiger partial charge on any atom is 0.0461 e. The van der Waals surface area contributed by atoms with E-state index in [0.29, 0.717) is 0 Å². The highest BCUT2D eigenvalue weighted by Gasteiger charge is 2.14. The summed E-state index contributed by atoms with van der Waals surface area (Å²) in [6.07, 6.45) is 9.03. The van der Waals surface area contributed by atoms with Crippen molar-refractivity contribution < 1.29 is 0 Å². The number of allylic oxidation sites excluding steroid dienone is 3. The van der Waals surface area contributed by atoms with Crippen LogP contribution in [0.5, 0.6) is 0 Å². The number of hydrogen-bond donors (Lipinski definition) is 0. The van der Waals surface area contributed by atoms with E-state index in [0.717, 1.165) is 12.8 Å². The van der Waals surface area contributed by atoms with Crippen LogP contribution >= 0.6 is 0 Å². The summed E-state index contributed by atoms with van der Waals surface area (Å²) < 4.78 is 0. The third-order valence-corrected chi connectivity index (χ3v) is 4.76. The summed E-state index contributed by atoms with van der Waals surface area (Å²) in [6, 6.07) is 28.1. The van der Waals surface area contributed by atoms with Crippen LogP contribution in [0, 0.1) is 6.92 Å². The van der Waals surface area contributed by atoms with Crippen LogP contribution in [-0.2, 0) is 0 Å². The van der Waals surface area contributed by atoms with Gasteiger partial charge in [0.1, 0.15) is 0 Å². The average Bonchev–Trinajstić information content (AvgIpc) is 2.72. The third kappa shape index (κ3) is 3.48. The average molecular weight is 337 g/mol. The minimum Gasteiger partial charge on any atom is -0.311 e. The van der Waals surface area contributed by atoms with Crippen molar-refractivity contribution in [3.05, 3.63) is 108 Å². The van der Waals surface area contributed by atoms with Crippen molar-refractivity contribution in [3.63, 3.8) is 0 Å². The molecule has 0 aromatic heterocycles. The lowest BCUT2D eigenvalue weighted by molar-refractivity contribution is 0.997. The highest BCUT2D eigenvalue weighted by Crippen LogP contribution is 2.33. The quantitative estimate of drug-likeness (QED) is 0.494. The van der Waals surface area contributed by atoms with Gasteiger partial charge in [-0.1, -0.05) is 72.3 Å². The van der Waals surface area contributed by atoms with Crippen molar-refractivity contribution in [3.8, 4) is 11.1 Å². The molecule has 0 saturated carbocycles. The molecule has 0 atom stereocenters. The van der Waals surface area contributed by atoms with Gasteiger partial charge in [0.2, 0.25) is 0 Å². The number of aryl methyl sites for hydroxylation is 1. The van der Waals surface area contributed by atoms with Gasteiger partial charge in [-0.25, -0.2) is 0 Å². The van der Waals surface area contributed by atoms with E-state index < -0.39 is 0 Å². The molecule has 128 valence electrons. The fourth-order valence-corrected chi connectivity index (χ4v) is 3.34. The number of rotatable bonds is 4. The van der Waals surface area contributed by atoms with Gasteiger partial charge in [0.25, 0.3) is 0 Å². The molecule has 4 rings (SSSR count). The zero-order valence-corrected chi connectivity index (χ0v) is 15.1. The SMILES string of the molecule is Cc1ccc(N(C2=CCCC=C2)c2ccc(-c3ccccc3)cc2)cc1. The molecule has 0 saturated heterocycles. The van der Waals surface area contributed by atoms with E-state index in [1.807, 2.05) is 0 Å². The predicted octanol–water partition coefficient (Wildman–Crippen LogP) is 7.03. The Balaban J connectivity index is 1.73. The molecule has 1 aliphatic carbocycles. The van der Waals surface area contributed by atoms with Crippen LogP contribution in [0.4, 0.5) is 11.4 Å². The van der Waals surface area contributed by atoms with Crippen LogP contribution in [0.2, 0.25) is 0 Å². The van der Waals surface area contributed by atoms with Crippen LogP contribution in [0.25, 0.3) is 11.1 Å². The molecular formula is C25H23N. The van der Waals surface area contributed by atoms with Gasteiger partial charge >= 0.3 is 0 Å². The third-order valence-electron chi connectivity index (χ3n) is 4.76. The Morgan fingerprint density at radius 1 is 0.654 bits per heavy atom. The van der Waals surface area contributed by atoms with Crippen molar-refractivity contribution in [1.29, 1.82) is 0 Å². The van der Waals surface area contributed by atoms with Gasteiger partial charge in [-0.05, 0) is 61.2 Å². The smallest absolute Gasteiger partial charge is 0.0461 e. The molecule has 0 fully saturated rings. The van der Waals surface area contributed by atoms with E-state index in [-0.39, 0.29) is 0 Å². The lowest BCUT2D eigenvalue weighted by atomic mass is 10.0. The van der Waals surface area contributed by atoms with Gasteiger partial charge in [0.15, 0.2) is 0 Å². The van der Waals surface area contributed by atoms with Crippen molar-refractivity contribution in [2.24, 2.45) is 0 Å². The molecule has 3 aromatic rings. The predicted molar refractivity (Wildman–Crippen MR) is 112 cm³/mol. The summed E-state index contributed by atoms with van der Waals surface area (Å²) in [5.41, 5.74) is 7.39. The van der Waals surface area contributed by atoms with Gasteiger partial charge in [-0.3, -0.25) is 0 Å². The highest BCUT2D eigenvalue weighted by atomic mass is 15.1. The molecule has 0 bridgehead atoms. The Bertz CT molecular complexity index is 916. The van der Waals surface area contributed by atoms with Crippen LogP contribution in [0.3, 0.4) is 0 Å². The zero-order valence-electron chi connectivity index (χ0n) is 15.1. The summed E-state index contributed by atoms with van der Waals surface area (Å²) in [5.74, 6) is 0. The molecule has 1 heteroatoms. The molecular weight excluding hydrogens is 314 g/mol. The standard InChI is InChI=1S/C25H23N/c1-20-12-16-24(17-13-20)26(23-10-6-3-7-11-23)25-18-14-22(15-19-25)21-8-4-2-5-9-21/h2,4-6,8-19H,3,7H2,1H3. The molecule has 3 aromatic carbocycles. The Labute approximate surface area is 155 Å². The normalized spacial score (nSPS) is 13.3. The van der Waals surface area contributed by atoms with Gasteiger partial charge in [0.05, 0.1) is 0 Å². The van der Waals surface area contributed by atoms with Crippen molar-refractivity contribution in [2.45, 2.75) is 19.8 Å². The van der Waals surface area contributed by atoms with Crippen molar-refractivity contribution in [1.82, 2.24) is 0 Å². The maximum atomic E-state index is 2.34. The fourth-order valence-electron chi connectivity index (χ4n) is 3.34. The molecule has 0 unspecified atom stereocenters. The Kier molecular flexibility index (Phi) is 4.70. The lowest BCUT2D eigenvalue weighted by Gasteiger charge is -2.28. The Hall–Kier alpha value is -3.06. The maximum absolute atomic E-state index is 2.34. The van der Waals surface area contributed by atoms with E-state index in [9.17, 15) is 0 Å². The summed E-state index contributed by atoms with van der Waals surface area (Å²) in [7, 11) is 0. The summed E-state index contributed by atoms with van der Waals surface area (Å²) in [6.45, 7) is 2.13. The number of nitrogens with zero attached hydrogens (tertiary/aromatic N) is 1. The molecule has 1 nitrogen and oxygen atoms in total. The topological polar surface area (TPSA) is 3.24 Å². The van der Waals surface area contributed by atoms with E-state index in [1.165, 1.54) is 33.8 Å². The number of anilines is 2. The van der Waals surface area contributed by atoms with E-state index in [4.69, 9.17) is 0 Å². The zero-order chi connectivity index (χ0) is 17.8. The Morgan fingerprint density at radius 2 is 1.27 bits per heavy atom. The Morgan fingerprint density at radius 3 is 1.88 bits per heavy atom.